The Bertz CT molecular complexity index is 607. The zero-order valence-corrected chi connectivity index (χ0v) is 14.3. The fraction of sp³-hybridized carbons (Fsp3) is 0.529. The lowest BCUT2D eigenvalue weighted by Crippen LogP contribution is -2.55. The van der Waals surface area contributed by atoms with Gasteiger partial charge in [-0.15, -0.1) is 11.8 Å². The number of likely N-dealkylation sites (tertiary alicyclic amines) is 1. The lowest BCUT2D eigenvalue weighted by atomic mass is 10.1. The molecule has 3 rings (SSSR count). The van der Waals surface area contributed by atoms with E-state index in [1.807, 2.05) is 4.90 Å². The third-order valence-electron chi connectivity index (χ3n) is 4.35. The highest BCUT2D eigenvalue weighted by Crippen LogP contribution is 2.21. The first kappa shape index (κ1) is 17.2. The smallest absolute Gasteiger partial charge is 0.224 e. The predicted octanol–water partition coefficient (Wildman–Crippen LogP) is 1.83. The summed E-state index contributed by atoms with van der Waals surface area (Å²) in [5.41, 5.74) is 0.302. The molecular formula is C17H22FN3O2S. The Morgan fingerprint density at radius 2 is 2.04 bits per heavy atom. The first-order valence-electron chi connectivity index (χ1n) is 8.30. The molecule has 24 heavy (non-hydrogen) atoms. The van der Waals surface area contributed by atoms with Gasteiger partial charge in [0, 0.05) is 37.7 Å². The Morgan fingerprint density at radius 1 is 1.29 bits per heavy atom. The molecule has 2 aliphatic heterocycles. The molecule has 0 aliphatic carbocycles. The molecule has 0 spiro atoms. The molecule has 2 fully saturated rings. The maximum absolute atomic E-state index is 13.7. The Balaban J connectivity index is 1.52. The number of nitrogens with zero attached hydrogens (tertiary/aromatic N) is 1. The minimum atomic E-state index is -0.303. The highest BCUT2D eigenvalue weighted by atomic mass is 32.2. The molecule has 130 valence electrons. The predicted molar refractivity (Wildman–Crippen MR) is 91.6 cm³/mol. The number of rotatable bonds is 5. The van der Waals surface area contributed by atoms with E-state index >= 15 is 0 Å². The molecule has 7 heteroatoms. The van der Waals surface area contributed by atoms with E-state index in [0.29, 0.717) is 24.2 Å². The third-order valence-corrected chi connectivity index (χ3v) is 5.42. The van der Waals surface area contributed by atoms with Crippen LogP contribution in [0.1, 0.15) is 31.2 Å². The van der Waals surface area contributed by atoms with Crippen LogP contribution >= 0.6 is 11.8 Å². The van der Waals surface area contributed by atoms with Crippen molar-refractivity contribution in [3.8, 4) is 0 Å². The van der Waals surface area contributed by atoms with Crippen molar-refractivity contribution in [1.82, 2.24) is 15.5 Å². The summed E-state index contributed by atoms with van der Waals surface area (Å²) < 4.78 is 13.7. The molecule has 5 nitrogen and oxygen atoms in total. The number of nitrogens with one attached hydrogen (secondary N) is 2. The summed E-state index contributed by atoms with van der Waals surface area (Å²) in [4.78, 5) is 26.0. The molecule has 0 bridgehead atoms. The summed E-state index contributed by atoms with van der Waals surface area (Å²) in [5, 5.41) is 6.13. The van der Waals surface area contributed by atoms with Crippen LogP contribution in [-0.4, -0.2) is 41.3 Å². The summed E-state index contributed by atoms with van der Waals surface area (Å²) in [5.74, 6) is 0.252. The molecule has 0 aromatic heterocycles. The van der Waals surface area contributed by atoms with E-state index in [9.17, 15) is 14.0 Å². The normalized spacial score (nSPS) is 24.0. The Kier molecular flexibility index (Phi) is 5.73. The number of hydrogen-bond acceptors (Lipinski definition) is 4. The van der Waals surface area contributed by atoms with Crippen molar-refractivity contribution in [3.63, 3.8) is 0 Å². The quantitative estimate of drug-likeness (QED) is 0.850. The standard InChI is InChI=1S/C17H22FN3O2S/c18-14-6-2-1-5-12(14)11-24-17-19-13(9-15(22)20-17)10-16(23)21-7-3-4-8-21/h1-2,5-6,13,17,19H,3-4,7-11H2,(H,20,22). The zero-order valence-electron chi connectivity index (χ0n) is 13.5. The third kappa shape index (κ3) is 4.48. The van der Waals surface area contributed by atoms with Gasteiger partial charge in [0.25, 0.3) is 0 Å². The molecule has 1 aromatic carbocycles. The molecule has 2 saturated heterocycles. The van der Waals surface area contributed by atoms with Gasteiger partial charge in [0.15, 0.2) is 0 Å². The van der Waals surface area contributed by atoms with Crippen LogP contribution in [0.2, 0.25) is 0 Å². The van der Waals surface area contributed by atoms with Gasteiger partial charge >= 0.3 is 0 Å². The minimum absolute atomic E-state index is 0.0704. The van der Waals surface area contributed by atoms with Crippen LogP contribution in [0.15, 0.2) is 24.3 Å². The van der Waals surface area contributed by atoms with Gasteiger partial charge in [-0.1, -0.05) is 18.2 Å². The van der Waals surface area contributed by atoms with Gasteiger partial charge < -0.3 is 10.2 Å². The second kappa shape index (κ2) is 7.98. The molecule has 0 radical (unpaired) electrons. The van der Waals surface area contributed by atoms with Crippen LogP contribution in [0.4, 0.5) is 4.39 Å². The van der Waals surface area contributed by atoms with Crippen LogP contribution in [0.3, 0.4) is 0 Å². The number of benzene rings is 1. The number of carbonyl (C=O) groups excluding carboxylic acids is 2. The van der Waals surface area contributed by atoms with Crippen molar-refractivity contribution in [2.45, 2.75) is 43.0 Å². The number of hydrogen-bond donors (Lipinski definition) is 2. The van der Waals surface area contributed by atoms with Gasteiger partial charge in [-0.3, -0.25) is 14.9 Å². The summed E-state index contributed by atoms with van der Waals surface area (Å²) in [7, 11) is 0. The van der Waals surface area contributed by atoms with Gasteiger partial charge in [0.05, 0.1) is 0 Å². The molecule has 2 amide bonds. The topological polar surface area (TPSA) is 61.4 Å². The molecule has 2 N–H and O–H groups in total. The number of carbonyl (C=O) groups is 2. The molecule has 2 unspecified atom stereocenters. The fourth-order valence-electron chi connectivity index (χ4n) is 3.06. The fourth-order valence-corrected chi connectivity index (χ4v) is 4.14. The summed E-state index contributed by atoms with van der Waals surface area (Å²) >= 11 is 1.42. The first-order chi connectivity index (χ1) is 11.6. The van der Waals surface area contributed by atoms with Crippen molar-refractivity contribution < 1.29 is 14.0 Å². The summed E-state index contributed by atoms with van der Waals surface area (Å²) in [6, 6.07) is 6.46. The highest BCUT2D eigenvalue weighted by molar-refractivity contribution is 7.99. The zero-order chi connectivity index (χ0) is 16.9. The minimum Gasteiger partial charge on any atom is -0.343 e. The van der Waals surface area contributed by atoms with E-state index in [0.717, 1.165) is 25.9 Å². The van der Waals surface area contributed by atoms with E-state index in [-0.39, 0.29) is 29.2 Å². The van der Waals surface area contributed by atoms with E-state index in [2.05, 4.69) is 10.6 Å². The largest absolute Gasteiger partial charge is 0.343 e. The van der Waals surface area contributed by atoms with Crippen molar-refractivity contribution in [1.29, 1.82) is 0 Å². The average Bonchev–Trinajstić information content (AvgIpc) is 3.08. The van der Waals surface area contributed by atoms with Crippen molar-refractivity contribution in [3.05, 3.63) is 35.6 Å². The van der Waals surface area contributed by atoms with E-state index in [4.69, 9.17) is 0 Å². The lowest BCUT2D eigenvalue weighted by molar-refractivity contribution is -0.131. The van der Waals surface area contributed by atoms with E-state index in [1.54, 1.807) is 18.2 Å². The first-order valence-corrected chi connectivity index (χ1v) is 9.35. The Hall–Kier alpha value is -1.60. The average molecular weight is 351 g/mol. The second-order valence-electron chi connectivity index (χ2n) is 6.21. The lowest BCUT2D eigenvalue weighted by Gasteiger charge is -2.31. The number of amides is 2. The van der Waals surface area contributed by atoms with Crippen molar-refractivity contribution in [2.75, 3.05) is 13.1 Å². The van der Waals surface area contributed by atoms with Crippen LogP contribution in [0.5, 0.6) is 0 Å². The summed E-state index contributed by atoms with van der Waals surface area (Å²) in [6.07, 6.45) is 2.76. The van der Waals surface area contributed by atoms with Crippen LogP contribution < -0.4 is 10.6 Å². The van der Waals surface area contributed by atoms with Gasteiger partial charge in [-0.05, 0) is 24.5 Å². The Morgan fingerprint density at radius 3 is 2.79 bits per heavy atom. The summed E-state index contributed by atoms with van der Waals surface area (Å²) in [6.45, 7) is 1.65. The van der Waals surface area contributed by atoms with Crippen LogP contribution in [-0.2, 0) is 15.3 Å². The van der Waals surface area contributed by atoms with Crippen LogP contribution in [0.25, 0.3) is 0 Å². The van der Waals surface area contributed by atoms with Gasteiger partial charge in [-0.2, -0.15) is 0 Å². The molecular weight excluding hydrogens is 329 g/mol. The molecule has 0 saturated carbocycles. The molecule has 2 heterocycles. The number of thioether (sulfide) groups is 1. The maximum atomic E-state index is 13.7. The van der Waals surface area contributed by atoms with Gasteiger partial charge in [0.1, 0.15) is 11.3 Å². The maximum Gasteiger partial charge on any atom is 0.224 e. The number of halogens is 1. The van der Waals surface area contributed by atoms with E-state index < -0.39 is 0 Å². The monoisotopic (exact) mass is 351 g/mol. The van der Waals surface area contributed by atoms with Crippen molar-refractivity contribution >= 4 is 23.6 Å². The molecule has 1 aromatic rings. The van der Waals surface area contributed by atoms with Gasteiger partial charge in [-0.25, -0.2) is 4.39 Å². The van der Waals surface area contributed by atoms with Gasteiger partial charge in [0.2, 0.25) is 11.8 Å². The SMILES string of the molecule is O=C1CC(CC(=O)N2CCCC2)NC(SCc2ccccc2F)N1. The highest BCUT2D eigenvalue weighted by Gasteiger charge is 2.29. The second-order valence-corrected chi connectivity index (χ2v) is 7.30. The van der Waals surface area contributed by atoms with Crippen molar-refractivity contribution in [2.24, 2.45) is 0 Å². The van der Waals surface area contributed by atoms with Crippen LogP contribution in [0, 0.1) is 5.82 Å². The van der Waals surface area contributed by atoms with E-state index in [1.165, 1.54) is 17.8 Å². The molecule has 2 aliphatic rings. The Labute approximate surface area is 145 Å². The molecule has 2 atom stereocenters.